The lowest BCUT2D eigenvalue weighted by molar-refractivity contribution is -0.155. The molecule has 3 amide bonds. The summed E-state index contributed by atoms with van der Waals surface area (Å²) < 4.78 is 10.3. The van der Waals surface area contributed by atoms with Crippen LogP contribution < -0.4 is 10.6 Å². The lowest BCUT2D eigenvalue weighted by Crippen LogP contribution is -2.59. The molecular weight excluding hydrogens is 462 g/mol. The highest BCUT2D eigenvalue weighted by Crippen LogP contribution is 2.26. The van der Waals surface area contributed by atoms with E-state index in [0.717, 1.165) is 11.1 Å². The number of amides is 3. The predicted molar refractivity (Wildman–Crippen MR) is 136 cm³/mol. The minimum Gasteiger partial charge on any atom is -0.467 e. The fraction of sp³-hybridized carbons (Fsp3) is 0.630. The summed E-state index contributed by atoms with van der Waals surface area (Å²) in [6, 6.07) is 5.09. The largest absolute Gasteiger partial charge is 0.467 e. The molecule has 9 heteroatoms. The van der Waals surface area contributed by atoms with E-state index in [1.165, 1.54) is 12.0 Å². The summed E-state index contributed by atoms with van der Waals surface area (Å²) >= 11 is 0. The number of methoxy groups -OCH3 is 1. The van der Waals surface area contributed by atoms with Gasteiger partial charge in [0.15, 0.2) is 0 Å². The van der Waals surface area contributed by atoms with Crippen LogP contribution in [-0.4, -0.2) is 59.6 Å². The molecule has 0 aromatic heterocycles. The lowest BCUT2D eigenvalue weighted by Gasteiger charge is -2.38. The summed E-state index contributed by atoms with van der Waals surface area (Å²) in [5.41, 5.74) is 1.22. The molecule has 0 saturated carbocycles. The molecule has 1 aliphatic rings. The quantitative estimate of drug-likeness (QED) is 0.527. The number of nitrogens with one attached hydrogen (secondary N) is 2. The zero-order valence-corrected chi connectivity index (χ0v) is 22.7. The topological polar surface area (TPSA) is 114 Å². The van der Waals surface area contributed by atoms with E-state index in [4.69, 9.17) is 9.47 Å². The number of hydrogen-bond acceptors (Lipinski definition) is 6. The van der Waals surface area contributed by atoms with E-state index in [-0.39, 0.29) is 24.3 Å². The highest BCUT2D eigenvalue weighted by atomic mass is 16.6. The molecule has 2 N–H and O–H groups in total. The van der Waals surface area contributed by atoms with E-state index in [2.05, 4.69) is 10.6 Å². The monoisotopic (exact) mass is 503 g/mol. The van der Waals surface area contributed by atoms with Crippen LogP contribution in [0.2, 0.25) is 0 Å². The van der Waals surface area contributed by atoms with Gasteiger partial charge in [0.25, 0.3) is 0 Å². The van der Waals surface area contributed by atoms with Crippen LogP contribution in [0, 0.1) is 11.8 Å². The van der Waals surface area contributed by atoms with Crippen molar-refractivity contribution in [1.29, 1.82) is 0 Å². The van der Waals surface area contributed by atoms with Crippen LogP contribution in [0.4, 0.5) is 4.79 Å². The van der Waals surface area contributed by atoms with Gasteiger partial charge in [0.1, 0.15) is 23.7 Å². The maximum absolute atomic E-state index is 13.8. The Morgan fingerprint density at radius 2 is 1.64 bits per heavy atom. The Labute approximate surface area is 214 Å². The molecule has 0 bridgehead atoms. The molecule has 3 atom stereocenters. The van der Waals surface area contributed by atoms with Crippen LogP contribution >= 0.6 is 0 Å². The molecule has 2 rings (SSSR count). The van der Waals surface area contributed by atoms with Crippen molar-refractivity contribution in [2.24, 2.45) is 11.8 Å². The van der Waals surface area contributed by atoms with E-state index in [9.17, 15) is 19.2 Å². The third kappa shape index (κ3) is 7.96. The molecule has 0 spiro atoms. The van der Waals surface area contributed by atoms with Crippen molar-refractivity contribution in [3.05, 3.63) is 35.4 Å². The molecule has 0 aliphatic carbocycles. The van der Waals surface area contributed by atoms with Gasteiger partial charge in [-0.2, -0.15) is 0 Å². The number of fused-ring (bicyclic) bond motifs is 1. The van der Waals surface area contributed by atoms with E-state index >= 15 is 0 Å². The minimum atomic E-state index is -0.902. The second-order valence-electron chi connectivity index (χ2n) is 11.0. The third-order valence-corrected chi connectivity index (χ3v) is 5.95. The maximum atomic E-state index is 13.8. The zero-order valence-electron chi connectivity index (χ0n) is 22.7. The molecular formula is C27H41N3O6. The third-order valence-electron chi connectivity index (χ3n) is 5.95. The smallest absolute Gasteiger partial charge is 0.408 e. The summed E-state index contributed by atoms with van der Waals surface area (Å²) in [6.45, 7) is 13.0. The molecule has 0 radical (unpaired) electrons. The molecule has 0 unspecified atom stereocenters. The molecule has 1 aromatic carbocycles. The van der Waals surface area contributed by atoms with E-state index in [1.807, 2.05) is 38.1 Å². The Balaban J connectivity index is 2.29. The Hall–Kier alpha value is -3.10. The van der Waals surface area contributed by atoms with Crippen LogP contribution in [-0.2, 0) is 36.8 Å². The molecule has 1 aromatic rings. The summed E-state index contributed by atoms with van der Waals surface area (Å²) in [7, 11) is 1.30. The first-order chi connectivity index (χ1) is 16.7. The van der Waals surface area contributed by atoms with Crippen LogP contribution in [0.25, 0.3) is 0 Å². The van der Waals surface area contributed by atoms with E-state index in [1.54, 1.807) is 34.6 Å². The second-order valence-corrected chi connectivity index (χ2v) is 11.0. The molecule has 0 fully saturated rings. The van der Waals surface area contributed by atoms with Gasteiger partial charge < -0.3 is 25.0 Å². The highest BCUT2D eigenvalue weighted by molar-refractivity contribution is 5.93. The van der Waals surface area contributed by atoms with Gasteiger partial charge in [-0.15, -0.1) is 0 Å². The van der Waals surface area contributed by atoms with Crippen molar-refractivity contribution in [2.75, 3.05) is 7.11 Å². The van der Waals surface area contributed by atoms with Gasteiger partial charge in [-0.1, -0.05) is 52.0 Å². The molecule has 0 saturated heterocycles. The Kier molecular flexibility index (Phi) is 9.90. The lowest BCUT2D eigenvalue weighted by atomic mass is 9.92. The fourth-order valence-corrected chi connectivity index (χ4v) is 4.23. The first-order valence-corrected chi connectivity index (χ1v) is 12.5. The van der Waals surface area contributed by atoms with Gasteiger partial charge in [0, 0.05) is 13.0 Å². The number of alkyl carbamates (subject to hydrolysis) is 1. The van der Waals surface area contributed by atoms with Crippen molar-refractivity contribution in [3.63, 3.8) is 0 Å². The normalized spacial score (nSPS) is 17.2. The Morgan fingerprint density at radius 1 is 1.03 bits per heavy atom. The minimum absolute atomic E-state index is 0.0872. The number of carbonyl (C=O) groups is 4. The zero-order chi connectivity index (χ0) is 27.2. The van der Waals surface area contributed by atoms with Crippen molar-refractivity contribution in [2.45, 2.75) is 91.6 Å². The molecule has 9 nitrogen and oxygen atoms in total. The van der Waals surface area contributed by atoms with Crippen molar-refractivity contribution in [1.82, 2.24) is 15.5 Å². The average Bonchev–Trinajstić information content (AvgIpc) is 2.78. The van der Waals surface area contributed by atoms with Crippen molar-refractivity contribution >= 4 is 23.9 Å². The number of carbonyl (C=O) groups excluding carboxylic acids is 4. The van der Waals surface area contributed by atoms with E-state index < -0.39 is 41.7 Å². The van der Waals surface area contributed by atoms with Gasteiger partial charge in [0.2, 0.25) is 11.8 Å². The number of benzene rings is 1. The Morgan fingerprint density at radius 3 is 2.17 bits per heavy atom. The predicted octanol–water partition coefficient (Wildman–Crippen LogP) is 3.19. The van der Waals surface area contributed by atoms with Crippen LogP contribution in [0.5, 0.6) is 0 Å². The number of nitrogens with zero attached hydrogens (tertiary/aromatic N) is 1. The van der Waals surface area contributed by atoms with Gasteiger partial charge in [-0.25, -0.2) is 9.59 Å². The van der Waals surface area contributed by atoms with Gasteiger partial charge in [0.05, 0.1) is 7.11 Å². The van der Waals surface area contributed by atoms with E-state index in [0.29, 0.717) is 12.8 Å². The molecule has 1 heterocycles. The van der Waals surface area contributed by atoms with Gasteiger partial charge >= 0.3 is 12.1 Å². The number of hydrogen-bond donors (Lipinski definition) is 2. The Bertz CT molecular complexity index is 953. The summed E-state index contributed by atoms with van der Waals surface area (Å²) in [6.07, 6.45) is 0.000988. The van der Waals surface area contributed by atoms with Crippen molar-refractivity contribution < 1.29 is 28.7 Å². The summed E-state index contributed by atoms with van der Waals surface area (Å²) in [4.78, 5) is 53.6. The summed E-state index contributed by atoms with van der Waals surface area (Å²) in [5.74, 6) is -1.51. The second kappa shape index (κ2) is 12.2. The first kappa shape index (κ1) is 29.1. The van der Waals surface area contributed by atoms with Gasteiger partial charge in [-0.05, 0) is 50.2 Å². The SMILES string of the molecule is COC(=O)[C@@H]1Cc2ccccc2CN1C(=O)[C@H](CC(C)C)NC(=O)[C@@H](NC(=O)OC(C)(C)C)C(C)C. The standard InChI is InChI=1S/C27H41N3O6/c1-16(2)13-20(28-23(31)22(17(3)4)29-26(34)36-27(5,6)7)24(32)30-15-19-12-10-9-11-18(19)14-21(30)25(33)35-8/h9-12,16-17,20-22H,13-15H2,1-8H3,(H,28,31)(H,29,34)/t20-,21-,22-/m0/s1. The number of ether oxygens (including phenoxy) is 2. The van der Waals surface area contributed by atoms with Gasteiger partial charge in [-0.3, -0.25) is 9.59 Å². The average molecular weight is 504 g/mol. The fourth-order valence-electron chi connectivity index (χ4n) is 4.23. The highest BCUT2D eigenvalue weighted by Gasteiger charge is 2.39. The number of rotatable bonds is 8. The van der Waals surface area contributed by atoms with Crippen LogP contribution in [0.1, 0.15) is 66.0 Å². The summed E-state index contributed by atoms with van der Waals surface area (Å²) in [5, 5.41) is 5.47. The first-order valence-electron chi connectivity index (χ1n) is 12.5. The molecule has 1 aliphatic heterocycles. The van der Waals surface area contributed by atoms with Crippen molar-refractivity contribution in [3.8, 4) is 0 Å². The molecule has 36 heavy (non-hydrogen) atoms. The maximum Gasteiger partial charge on any atom is 0.408 e. The number of esters is 1. The molecule has 200 valence electrons. The van der Waals surface area contributed by atoms with Crippen LogP contribution in [0.3, 0.4) is 0 Å². The van der Waals surface area contributed by atoms with Crippen LogP contribution in [0.15, 0.2) is 24.3 Å².